The lowest BCUT2D eigenvalue weighted by Gasteiger charge is -2.30. The predicted octanol–water partition coefficient (Wildman–Crippen LogP) is -0.199. The third-order valence-electron chi connectivity index (χ3n) is 2.16. The molecular weight excluding hydrogens is 156 g/mol. The van der Waals surface area contributed by atoms with E-state index in [0.717, 1.165) is 25.9 Å². The van der Waals surface area contributed by atoms with Crippen LogP contribution >= 0.6 is 0 Å². The number of nitrogens with one attached hydrogen (secondary N) is 2. The zero-order valence-electron chi connectivity index (χ0n) is 7.34. The van der Waals surface area contributed by atoms with E-state index < -0.39 is 12.0 Å². The molecule has 0 saturated carbocycles. The molecule has 0 aromatic rings. The Morgan fingerprint density at radius 1 is 1.50 bits per heavy atom. The summed E-state index contributed by atoms with van der Waals surface area (Å²) in [6.07, 6.45) is 1.94. The lowest BCUT2D eigenvalue weighted by Crippen LogP contribution is -2.59. The van der Waals surface area contributed by atoms with Crippen LogP contribution < -0.4 is 10.6 Å². The molecule has 1 aliphatic rings. The van der Waals surface area contributed by atoms with Gasteiger partial charge in [-0.2, -0.15) is 0 Å². The summed E-state index contributed by atoms with van der Waals surface area (Å²) in [6.45, 7) is 3.68. The number of carboxylic acid groups (broad SMARTS) is 1. The van der Waals surface area contributed by atoms with Crippen molar-refractivity contribution < 1.29 is 9.90 Å². The maximum absolute atomic E-state index is 10.7. The van der Waals surface area contributed by atoms with Gasteiger partial charge in [0.2, 0.25) is 0 Å². The molecule has 0 amide bonds. The maximum Gasteiger partial charge on any atom is 0.322 e. The van der Waals surface area contributed by atoms with E-state index in [4.69, 9.17) is 5.11 Å². The molecule has 0 aliphatic carbocycles. The Bertz CT molecular complexity index is 159. The molecule has 1 saturated heterocycles. The van der Waals surface area contributed by atoms with Crippen LogP contribution in [0.3, 0.4) is 0 Å². The van der Waals surface area contributed by atoms with Crippen molar-refractivity contribution in [1.82, 2.24) is 10.6 Å². The Morgan fingerprint density at radius 2 is 2.17 bits per heavy atom. The van der Waals surface area contributed by atoms with E-state index in [9.17, 15) is 4.79 Å². The summed E-state index contributed by atoms with van der Waals surface area (Å²) < 4.78 is 0. The maximum atomic E-state index is 10.7. The molecule has 0 radical (unpaired) electrons. The van der Waals surface area contributed by atoms with Gasteiger partial charge in [-0.3, -0.25) is 4.79 Å². The first-order valence-corrected chi connectivity index (χ1v) is 4.45. The lowest BCUT2D eigenvalue weighted by molar-refractivity contribution is -0.140. The number of hydrogen-bond acceptors (Lipinski definition) is 3. The SMILES string of the molecule is CCCC1NCCNC1C(=O)O. The number of rotatable bonds is 3. The molecule has 12 heavy (non-hydrogen) atoms. The van der Waals surface area contributed by atoms with Gasteiger partial charge in [0.1, 0.15) is 6.04 Å². The molecule has 0 aromatic carbocycles. The van der Waals surface area contributed by atoms with E-state index in [-0.39, 0.29) is 6.04 Å². The number of carbonyl (C=O) groups is 1. The van der Waals surface area contributed by atoms with Crippen molar-refractivity contribution in [2.24, 2.45) is 0 Å². The predicted molar refractivity (Wildman–Crippen MR) is 46.1 cm³/mol. The van der Waals surface area contributed by atoms with E-state index in [1.54, 1.807) is 0 Å². The lowest BCUT2D eigenvalue weighted by atomic mass is 10.0. The third kappa shape index (κ3) is 2.19. The minimum absolute atomic E-state index is 0.0984. The first-order chi connectivity index (χ1) is 5.75. The minimum Gasteiger partial charge on any atom is -0.480 e. The van der Waals surface area contributed by atoms with Gasteiger partial charge in [0, 0.05) is 19.1 Å². The van der Waals surface area contributed by atoms with E-state index in [1.165, 1.54) is 0 Å². The zero-order valence-corrected chi connectivity index (χ0v) is 7.34. The second kappa shape index (κ2) is 4.42. The molecule has 3 N–H and O–H groups in total. The highest BCUT2D eigenvalue weighted by atomic mass is 16.4. The molecule has 1 heterocycles. The fourth-order valence-corrected chi connectivity index (χ4v) is 1.58. The van der Waals surface area contributed by atoms with Gasteiger partial charge < -0.3 is 15.7 Å². The Morgan fingerprint density at radius 3 is 2.75 bits per heavy atom. The Labute approximate surface area is 72.3 Å². The number of hydrogen-bond donors (Lipinski definition) is 3. The van der Waals surface area contributed by atoms with Gasteiger partial charge in [-0.25, -0.2) is 0 Å². The normalized spacial score (nSPS) is 30.1. The minimum atomic E-state index is -0.749. The molecule has 1 aliphatic heterocycles. The average molecular weight is 172 g/mol. The quantitative estimate of drug-likeness (QED) is 0.552. The monoisotopic (exact) mass is 172 g/mol. The van der Waals surface area contributed by atoms with Gasteiger partial charge >= 0.3 is 5.97 Å². The van der Waals surface area contributed by atoms with E-state index in [0.29, 0.717) is 0 Å². The van der Waals surface area contributed by atoms with Crippen LogP contribution in [0.4, 0.5) is 0 Å². The summed E-state index contributed by atoms with van der Waals surface area (Å²) in [5.74, 6) is -0.749. The third-order valence-corrected chi connectivity index (χ3v) is 2.16. The van der Waals surface area contributed by atoms with Gasteiger partial charge in [-0.1, -0.05) is 13.3 Å². The van der Waals surface area contributed by atoms with Crippen LogP contribution in [-0.2, 0) is 4.79 Å². The summed E-state index contributed by atoms with van der Waals surface area (Å²) in [4.78, 5) is 10.7. The molecule has 0 aromatic heterocycles. The Kier molecular flexibility index (Phi) is 3.49. The van der Waals surface area contributed by atoms with Crippen molar-refractivity contribution in [3.63, 3.8) is 0 Å². The van der Waals surface area contributed by atoms with Gasteiger partial charge in [0.15, 0.2) is 0 Å². The van der Waals surface area contributed by atoms with Gasteiger partial charge in [0.25, 0.3) is 0 Å². The molecule has 1 rings (SSSR count). The van der Waals surface area contributed by atoms with Crippen LogP contribution in [0.1, 0.15) is 19.8 Å². The number of aliphatic carboxylic acids is 1. The standard InChI is InChI=1S/C8H16N2O2/c1-2-3-6-7(8(11)12)10-5-4-9-6/h6-7,9-10H,2-5H2,1H3,(H,11,12). The molecule has 2 unspecified atom stereocenters. The Hall–Kier alpha value is -0.610. The molecule has 4 heteroatoms. The molecule has 4 nitrogen and oxygen atoms in total. The molecular formula is C8H16N2O2. The molecule has 0 spiro atoms. The summed E-state index contributed by atoms with van der Waals surface area (Å²) in [5.41, 5.74) is 0. The van der Waals surface area contributed by atoms with Crippen LogP contribution in [0.15, 0.2) is 0 Å². The van der Waals surface area contributed by atoms with Crippen molar-refractivity contribution in [3.8, 4) is 0 Å². The van der Waals surface area contributed by atoms with Gasteiger partial charge in [-0.15, -0.1) is 0 Å². The highest BCUT2D eigenvalue weighted by Gasteiger charge is 2.28. The van der Waals surface area contributed by atoms with Crippen molar-refractivity contribution >= 4 is 5.97 Å². The number of piperazine rings is 1. The van der Waals surface area contributed by atoms with Crippen LogP contribution in [-0.4, -0.2) is 36.2 Å². The Balaban J connectivity index is 2.48. The summed E-state index contributed by atoms with van der Waals surface area (Å²) in [7, 11) is 0. The van der Waals surface area contributed by atoms with Gasteiger partial charge in [-0.05, 0) is 6.42 Å². The average Bonchev–Trinajstić information content (AvgIpc) is 2.05. The van der Waals surface area contributed by atoms with E-state index >= 15 is 0 Å². The second-order valence-corrected chi connectivity index (χ2v) is 3.12. The van der Waals surface area contributed by atoms with Crippen molar-refractivity contribution in [1.29, 1.82) is 0 Å². The first kappa shape index (κ1) is 9.48. The summed E-state index contributed by atoms with van der Waals surface area (Å²) in [6, 6.07) is -0.306. The highest BCUT2D eigenvalue weighted by Crippen LogP contribution is 2.05. The molecule has 0 bridgehead atoms. The smallest absolute Gasteiger partial charge is 0.322 e. The summed E-state index contributed by atoms with van der Waals surface area (Å²) in [5, 5.41) is 15.0. The van der Waals surface area contributed by atoms with Crippen molar-refractivity contribution in [3.05, 3.63) is 0 Å². The second-order valence-electron chi connectivity index (χ2n) is 3.12. The first-order valence-electron chi connectivity index (χ1n) is 4.45. The van der Waals surface area contributed by atoms with Crippen LogP contribution in [0.25, 0.3) is 0 Å². The molecule has 70 valence electrons. The highest BCUT2D eigenvalue weighted by molar-refractivity contribution is 5.74. The van der Waals surface area contributed by atoms with Crippen molar-refractivity contribution in [2.75, 3.05) is 13.1 Å². The number of carboxylic acids is 1. The van der Waals surface area contributed by atoms with Crippen molar-refractivity contribution in [2.45, 2.75) is 31.8 Å². The van der Waals surface area contributed by atoms with Gasteiger partial charge in [0.05, 0.1) is 0 Å². The largest absolute Gasteiger partial charge is 0.480 e. The fourth-order valence-electron chi connectivity index (χ4n) is 1.58. The van der Waals surface area contributed by atoms with Crippen LogP contribution in [0.5, 0.6) is 0 Å². The van der Waals surface area contributed by atoms with E-state index in [2.05, 4.69) is 17.6 Å². The van der Waals surface area contributed by atoms with Crippen LogP contribution in [0, 0.1) is 0 Å². The molecule has 2 atom stereocenters. The van der Waals surface area contributed by atoms with E-state index in [1.807, 2.05) is 0 Å². The van der Waals surface area contributed by atoms with Crippen LogP contribution in [0.2, 0.25) is 0 Å². The zero-order chi connectivity index (χ0) is 8.97. The summed E-state index contributed by atoms with van der Waals surface area (Å²) >= 11 is 0. The topological polar surface area (TPSA) is 61.4 Å². The fraction of sp³-hybridized carbons (Fsp3) is 0.875. The molecule has 1 fully saturated rings.